The average molecular weight is 1430 g/mol. The number of carbonyl (C=O) groups excluding carboxylic acids is 2. The number of nitrogens with two attached hydrogens (primary N) is 2. The molecule has 9 aromatic carbocycles. The van der Waals surface area contributed by atoms with Crippen molar-refractivity contribution in [2.75, 3.05) is 18.8 Å². The third kappa shape index (κ3) is 16.2. The molecule has 0 fully saturated rings. The van der Waals surface area contributed by atoms with Crippen LogP contribution in [0.2, 0.25) is 10.0 Å². The van der Waals surface area contributed by atoms with Crippen molar-refractivity contribution in [3.63, 3.8) is 0 Å². The first-order valence-corrected chi connectivity index (χ1v) is 35.5. The molecule has 12 rings (SSSR count). The predicted molar refractivity (Wildman–Crippen MR) is 369 cm³/mol. The molecule has 98 heavy (non-hydrogen) atoms. The van der Waals surface area contributed by atoms with E-state index >= 15 is 0 Å². The van der Waals surface area contributed by atoms with E-state index in [1.165, 1.54) is 73.2 Å². The Morgan fingerprint density at radius 2 is 0.776 bits per heavy atom. The minimum atomic E-state index is -4.65. The molecule has 0 aliphatic heterocycles. The van der Waals surface area contributed by atoms with E-state index < -0.39 is 64.5 Å². The molecule has 0 saturated carbocycles. The van der Waals surface area contributed by atoms with E-state index in [0.717, 1.165) is 30.8 Å². The molecule has 2 amide bonds. The number of fused-ring (bicyclic) bond motifs is 3. The van der Waals surface area contributed by atoms with Crippen LogP contribution < -0.4 is 25.7 Å². The second-order valence-electron chi connectivity index (χ2n) is 22.2. The van der Waals surface area contributed by atoms with E-state index in [4.69, 9.17) is 48.9 Å². The van der Waals surface area contributed by atoms with Crippen molar-refractivity contribution in [1.29, 1.82) is 0 Å². The molecule has 0 aliphatic carbocycles. The molecule has 0 aliphatic rings. The number of ether oxygens (including phenoxy) is 3. The van der Waals surface area contributed by atoms with Crippen LogP contribution in [0.25, 0.3) is 66.1 Å². The third-order valence-corrected chi connectivity index (χ3v) is 18.8. The minimum Gasteiger partial charge on any atom is -0.457 e. The van der Waals surface area contributed by atoms with Crippen LogP contribution in [-0.2, 0) is 41.5 Å². The number of carbonyl (C=O) groups is 2. The lowest BCUT2D eigenvalue weighted by Crippen LogP contribution is -2.14. The Labute approximate surface area is 568 Å². The number of hydrogen-bond acceptors (Lipinski definition) is 13. The zero-order valence-corrected chi connectivity index (χ0v) is 55.7. The normalized spacial score (nSPS) is 12.4. The summed E-state index contributed by atoms with van der Waals surface area (Å²) in [6.07, 6.45) is -1.57. The van der Waals surface area contributed by atoms with Gasteiger partial charge in [-0.25, -0.2) is 16.8 Å². The zero-order valence-electron chi connectivity index (χ0n) is 51.7. The molecule has 12 aromatic rings. The highest BCUT2D eigenvalue weighted by Crippen LogP contribution is 2.43. The number of halogens is 8. The van der Waals surface area contributed by atoms with Crippen molar-refractivity contribution in [3.05, 3.63) is 251 Å². The molecule has 3 aromatic heterocycles. The summed E-state index contributed by atoms with van der Waals surface area (Å²) in [7, 11) is -9.32. The van der Waals surface area contributed by atoms with Gasteiger partial charge in [0.1, 0.15) is 34.5 Å². The van der Waals surface area contributed by atoms with Gasteiger partial charge >= 0.3 is 12.4 Å². The van der Waals surface area contributed by atoms with Crippen molar-refractivity contribution >= 4 is 103 Å². The van der Waals surface area contributed by atoms with Crippen LogP contribution in [0.3, 0.4) is 0 Å². The molecule has 0 saturated heterocycles. The number of primary amides is 2. The second kappa shape index (κ2) is 28.0. The van der Waals surface area contributed by atoms with Gasteiger partial charge in [-0.15, -0.1) is 0 Å². The van der Waals surface area contributed by atoms with E-state index in [1.54, 1.807) is 122 Å². The third-order valence-electron chi connectivity index (χ3n) is 14.9. The van der Waals surface area contributed by atoms with E-state index in [1.807, 2.05) is 12.1 Å². The highest BCUT2D eigenvalue weighted by atomic mass is 35.5. The van der Waals surface area contributed by atoms with Crippen LogP contribution in [0.15, 0.2) is 227 Å². The fraction of sp³-hybridized carbons (Fsp3) is 0.0833. The Morgan fingerprint density at radius 1 is 0.429 bits per heavy atom. The number of aromatic nitrogens is 3. The summed E-state index contributed by atoms with van der Waals surface area (Å²) in [4.78, 5) is 37.1. The summed E-state index contributed by atoms with van der Waals surface area (Å²) in [6, 6.07) is 50.2. The zero-order chi connectivity index (χ0) is 70.8. The fourth-order valence-corrected chi connectivity index (χ4v) is 13.1. The number of para-hydroxylation sites is 3. The van der Waals surface area contributed by atoms with E-state index in [-0.39, 0.29) is 54.4 Å². The Bertz CT molecular complexity index is 5530. The number of nitrogens with zero attached hydrogens (tertiary/aromatic N) is 3. The standard InChI is InChI=1S/C24H18Cl2N2O3S.C24H17F3N2O4S.C24H18F3NO3S/c1-32(2,30)18-11-15(25)10-17(12-18)31-16-6-3-5-14(9-16)22-19-7-4-8-21(26)23(19)28-13-20(22)24(27)29;1-34(31,32)17-8-3-7-16(12-17)33-15-6-2-5-14(11-15)21-18-9-4-10-20(24(25,26)27)22(18)29-13-19(21)23(28)30;1-15-14-28-23-20(10-5-11-21(23)24(25,26)27)22(15)16-6-3-7-17(12-16)31-18-8-4-9-19(13-18)32(2,29)30/h3-13H,1H2,2H3,(H2,27,29);2-13H,1H3,(H2,28,30);3-14H,1-2H3. The lowest BCUT2D eigenvalue weighted by Gasteiger charge is -2.15. The first-order chi connectivity index (χ1) is 46.1. The molecule has 4 N–H and O–H groups in total. The molecule has 1 atom stereocenters. The van der Waals surface area contributed by atoms with Gasteiger partial charge in [0.15, 0.2) is 19.7 Å². The van der Waals surface area contributed by atoms with E-state index in [0.29, 0.717) is 87.6 Å². The maximum Gasteiger partial charge on any atom is 0.418 e. The number of sulfone groups is 2. The lowest BCUT2D eigenvalue weighted by atomic mass is 9.94. The molecular formula is C72H53Cl2F6N5O10S3. The first kappa shape index (κ1) is 70.4. The van der Waals surface area contributed by atoms with E-state index in [9.17, 15) is 57.0 Å². The van der Waals surface area contributed by atoms with Crippen molar-refractivity contribution in [2.24, 2.45) is 11.5 Å². The minimum absolute atomic E-state index is 0.0527. The van der Waals surface area contributed by atoms with Crippen molar-refractivity contribution in [3.8, 4) is 67.9 Å². The van der Waals surface area contributed by atoms with Crippen LogP contribution >= 0.6 is 23.2 Å². The summed E-state index contributed by atoms with van der Waals surface area (Å²) < 4.78 is 158. The number of rotatable bonds is 14. The van der Waals surface area contributed by atoms with Crippen molar-refractivity contribution in [2.45, 2.75) is 34.0 Å². The van der Waals surface area contributed by atoms with Crippen molar-refractivity contribution < 1.29 is 71.2 Å². The van der Waals surface area contributed by atoms with Crippen LogP contribution in [0.4, 0.5) is 26.3 Å². The van der Waals surface area contributed by atoms with Gasteiger partial charge < -0.3 is 25.7 Å². The second-order valence-corrected chi connectivity index (χ2v) is 29.5. The SMILES string of the molecule is C=S(C)(=O)c1cc(Cl)cc(Oc2cccc(-c3c(C(N)=O)cnc4c(Cl)cccc34)c2)c1.CS(=O)(=O)c1cccc(Oc2cccc(-c3c(C(N)=O)cnc4c(C(F)(F)F)cccc34)c2)c1.Cc1cnc2c(C(F)(F)F)cccc2c1-c1cccc(Oc2cccc(S(C)(=O)=O)c2)c1. The number of hydrogen-bond donors (Lipinski definition) is 2. The summed E-state index contributed by atoms with van der Waals surface area (Å²) in [5, 5.41) is 2.03. The molecule has 0 spiro atoms. The summed E-state index contributed by atoms with van der Waals surface area (Å²) in [5.74, 6) is 4.42. The molecule has 1 unspecified atom stereocenters. The number of pyridine rings is 3. The fourth-order valence-electron chi connectivity index (χ4n) is 10.5. The van der Waals surface area contributed by atoms with Gasteiger partial charge in [0.25, 0.3) is 11.8 Å². The summed E-state index contributed by atoms with van der Waals surface area (Å²) >= 11 is 12.5. The van der Waals surface area contributed by atoms with Gasteiger partial charge in [0.2, 0.25) is 0 Å². The van der Waals surface area contributed by atoms with Crippen LogP contribution in [0, 0.1) is 6.92 Å². The Hall–Kier alpha value is -10.4. The Kier molecular flexibility index (Phi) is 20.1. The van der Waals surface area contributed by atoms with E-state index in [2.05, 4.69) is 20.8 Å². The molecule has 0 radical (unpaired) electrons. The molecule has 15 nitrogen and oxygen atoms in total. The highest BCUT2D eigenvalue weighted by Gasteiger charge is 2.35. The predicted octanol–water partition coefficient (Wildman–Crippen LogP) is 17.4. The topological polar surface area (TPSA) is 238 Å². The smallest absolute Gasteiger partial charge is 0.418 e. The highest BCUT2D eigenvalue weighted by molar-refractivity contribution is 7.99. The van der Waals surface area contributed by atoms with Gasteiger partial charge in [0.05, 0.1) is 53.6 Å². The van der Waals surface area contributed by atoms with Gasteiger partial charge in [0, 0.05) is 74.6 Å². The maximum absolute atomic E-state index is 13.5. The monoisotopic (exact) mass is 1430 g/mol. The molecular weight excluding hydrogens is 1380 g/mol. The van der Waals surface area contributed by atoms with Crippen LogP contribution in [-0.4, -0.2) is 72.4 Å². The molecule has 500 valence electrons. The number of alkyl halides is 6. The summed E-state index contributed by atoms with van der Waals surface area (Å²) in [5.41, 5.74) is 13.6. The van der Waals surface area contributed by atoms with Gasteiger partial charge in [-0.2, -0.15) is 26.3 Å². The first-order valence-electron chi connectivity index (χ1n) is 28.8. The Balaban J connectivity index is 0.000000159. The lowest BCUT2D eigenvalue weighted by molar-refractivity contribution is -0.137. The number of benzene rings is 9. The number of aryl methyl sites for hydroxylation is 1. The van der Waals surface area contributed by atoms with Crippen LogP contribution in [0.5, 0.6) is 34.5 Å². The summed E-state index contributed by atoms with van der Waals surface area (Å²) in [6.45, 7) is 1.78. The van der Waals surface area contributed by atoms with Gasteiger partial charge in [-0.1, -0.05) is 108 Å². The Morgan fingerprint density at radius 3 is 1.19 bits per heavy atom. The van der Waals surface area contributed by atoms with Gasteiger partial charge in [-0.3, -0.25) is 28.7 Å². The largest absolute Gasteiger partial charge is 0.457 e. The van der Waals surface area contributed by atoms with Crippen LogP contribution in [0.1, 0.15) is 37.4 Å². The maximum atomic E-state index is 13.5. The molecule has 3 heterocycles. The quantitative estimate of drug-likeness (QED) is 0.0762. The number of amides is 2. The average Bonchev–Trinajstić information content (AvgIpc) is 0.760. The van der Waals surface area contributed by atoms with Crippen molar-refractivity contribution in [1.82, 2.24) is 15.0 Å². The molecule has 26 heteroatoms. The molecule has 0 bridgehead atoms. The van der Waals surface area contributed by atoms with Gasteiger partial charge in [-0.05, 0) is 159 Å².